The maximum atomic E-state index is 13.9. The Labute approximate surface area is 240 Å². The number of hydrogen-bond donors (Lipinski definition) is 2. The van der Waals surface area contributed by atoms with Crippen molar-refractivity contribution in [2.75, 3.05) is 19.6 Å². The Morgan fingerprint density at radius 1 is 1.00 bits per heavy atom. The van der Waals surface area contributed by atoms with Gasteiger partial charge in [-0.05, 0) is 51.0 Å². The molecule has 3 fully saturated rings. The van der Waals surface area contributed by atoms with Crippen molar-refractivity contribution in [3.8, 4) is 0 Å². The first-order valence-electron chi connectivity index (χ1n) is 15.9. The second kappa shape index (κ2) is 12.9. The zero-order chi connectivity index (χ0) is 28.1. The van der Waals surface area contributed by atoms with E-state index in [9.17, 15) is 9.59 Å². The van der Waals surface area contributed by atoms with Gasteiger partial charge in [0.05, 0.1) is 11.7 Å². The quantitative estimate of drug-likeness (QED) is 0.392. The molecule has 2 amide bonds. The lowest BCUT2D eigenvalue weighted by atomic mass is 9.79. The topological polar surface area (TPSA) is 81.3 Å². The van der Waals surface area contributed by atoms with Gasteiger partial charge in [-0.1, -0.05) is 88.6 Å². The fourth-order valence-corrected chi connectivity index (χ4v) is 7.61. The summed E-state index contributed by atoms with van der Waals surface area (Å²) >= 11 is 0. The smallest absolute Gasteiger partial charge is 0.246 e. The molecule has 2 aromatic rings. The van der Waals surface area contributed by atoms with Crippen molar-refractivity contribution in [3.63, 3.8) is 0 Å². The van der Waals surface area contributed by atoms with Gasteiger partial charge in [0.2, 0.25) is 11.8 Å². The predicted octanol–water partition coefficient (Wildman–Crippen LogP) is 5.83. The average molecular weight is 548 g/mol. The monoisotopic (exact) mass is 547 g/mol. The number of piperidine rings is 1. The van der Waals surface area contributed by atoms with Gasteiger partial charge < -0.3 is 10.2 Å². The fourth-order valence-electron chi connectivity index (χ4n) is 7.61. The number of aromatic amines is 1. The fraction of sp³-hybridized carbons (Fsp3) is 0.667. The van der Waals surface area contributed by atoms with Crippen molar-refractivity contribution < 1.29 is 9.59 Å². The van der Waals surface area contributed by atoms with Gasteiger partial charge in [0.1, 0.15) is 11.6 Å². The average Bonchev–Trinajstić information content (AvgIpc) is 3.31. The number of aromatic nitrogens is 2. The summed E-state index contributed by atoms with van der Waals surface area (Å²) in [5.74, 6) is 1.01. The number of nitrogens with one attached hydrogen (secondary N) is 2. The van der Waals surface area contributed by atoms with Crippen LogP contribution in [0.1, 0.15) is 113 Å². The maximum Gasteiger partial charge on any atom is 0.246 e. The molecule has 40 heavy (non-hydrogen) atoms. The second-order valence-corrected chi connectivity index (χ2v) is 12.5. The standard InChI is InChI=1S/C33H49N5O2/c1-4-5-21-38-31(39)28(18-12-15-26-13-8-6-9-14-26)34-32(40)33(38)19-22-37(23-20-33)30(27-16-10-7-11-17-27)29-24(2)35-36-25(29)3/h7,10-11,16-17,26,28,30H,4-6,8-9,12-15,18-23H2,1-3H3,(H,34,40)(H,35,36). The largest absolute Gasteiger partial charge is 0.342 e. The number of aryl methyl sites for hydroxylation is 2. The van der Waals surface area contributed by atoms with E-state index in [-0.39, 0.29) is 23.9 Å². The van der Waals surface area contributed by atoms with Gasteiger partial charge in [-0.15, -0.1) is 0 Å². The Morgan fingerprint density at radius 3 is 2.38 bits per heavy atom. The summed E-state index contributed by atoms with van der Waals surface area (Å²) in [5.41, 5.74) is 3.80. The molecule has 2 saturated heterocycles. The molecule has 2 aliphatic heterocycles. The van der Waals surface area contributed by atoms with Gasteiger partial charge in [0, 0.05) is 30.9 Å². The number of hydrogen-bond acceptors (Lipinski definition) is 4. The van der Waals surface area contributed by atoms with Crippen molar-refractivity contribution in [2.24, 2.45) is 5.92 Å². The van der Waals surface area contributed by atoms with Gasteiger partial charge in [-0.3, -0.25) is 19.6 Å². The van der Waals surface area contributed by atoms with Crippen LogP contribution in [0.15, 0.2) is 30.3 Å². The number of piperazine rings is 1. The molecule has 2 unspecified atom stereocenters. The number of unbranched alkanes of at least 4 members (excludes halogenated alkanes) is 1. The molecule has 5 rings (SSSR count). The first kappa shape index (κ1) is 28.8. The van der Waals surface area contributed by atoms with E-state index in [4.69, 9.17) is 0 Å². The van der Waals surface area contributed by atoms with Crippen LogP contribution >= 0.6 is 0 Å². The van der Waals surface area contributed by atoms with Crippen LogP contribution in [0.5, 0.6) is 0 Å². The molecule has 0 radical (unpaired) electrons. The SMILES string of the molecule is CCCCN1C(=O)C(CCCC2CCCCC2)NC(=O)C12CCN(C(c1ccccc1)c1c(C)n[nH]c1C)CC2. The summed E-state index contributed by atoms with van der Waals surface area (Å²) < 4.78 is 0. The molecule has 1 spiro atoms. The van der Waals surface area contributed by atoms with E-state index in [1.165, 1.54) is 49.7 Å². The number of rotatable bonds is 10. The summed E-state index contributed by atoms with van der Waals surface area (Å²) in [7, 11) is 0. The molecule has 7 nitrogen and oxygen atoms in total. The van der Waals surface area contributed by atoms with Crippen molar-refractivity contribution in [1.82, 2.24) is 25.3 Å². The van der Waals surface area contributed by atoms with Gasteiger partial charge in [0.25, 0.3) is 0 Å². The Balaban J connectivity index is 1.31. The highest BCUT2D eigenvalue weighted by Gasteiger charge is 2.53. The number of carbonyl (C=O) groups excluding carboxylic acids is 2. The molecule has 2 atom stereocenters. The Kier molecular flexibility index (Phi) is 9.29. The zero-order valence-corrected chi connectivity index (χ0v) is 24.9. The maximum absolute atomic E-state index is 13.9. The highest BCUT2D eigenvalue weighted by molar-refractivity contribution is 6.00. The van der Waals surface area contributed by atoms with Crippen molar-refractivity contribution in [1.29, 1.82) is 0 Å². The molecule has 218 valence electrons. The lowest BCUT2D eigenvalue weighted by Crippen LogP contribution is -2.73. The van der Waals surface area contributed by atoms with Crippen LogP contribution in [0, 0.1) is 19.8 Å². The van der Waals surface area contributed by atoms with E-state index >= 15 is 0 Å². The molecule has 1 aromatic heterocycles. The zero-order valence-electron chi connectivity index (χ0n) is 24.9. The lowest BCUT2D eigenvalue weighted by molar-refractivity contribution is -0.161. The van der Waals surface area contributed by atoms with Gasteiger partial charge in [-0.25, -0.2) is 0 Å². The number of H-pyrrole nitrogens is 1. The van der Waals surface area contributed by atoms with Crippen LogP contribution in [0.2, 0.25) is 0 Å². The molecule has 3 heterocycles. The molecular weight excluding hydrogens is 498 g/mol. The minimum absolute atomic E-state index is 0.0660. The van der Waals surface area contributed by atoms with Crippen molar-refractivity contribution in [3.05, 3.63) is 52.8 Å². The van der Waals surface area contributed by atoms with Crippen LogP contribution in [0.4, 0.5) is 0 Å². The second-order valence-electron chi connectivity index (χ2n) is 12.5. The van der Waals surface area contributed by atoms with Crippen LogP contribution in [-0.2, 0) is 9.59 Å². The molecule has 0 bridgehead atoms. The Hall–Kier alpha value is -2.67. The molecule has 1 aromatic carbocycles. The molecule has 7 heteroatoms. The van der Waals surface area contributed by atoms with Crippen LogP contribution in [0.25, 0.3) is 0 Å². The lowest BCUT2D eigenvalue weighted by Gasteiger charge is -2.52. The number of nitrogens with zero attached hydrogens (tertiary/aromatic N) is 3. The minimum atomic E-state index is -0.746. The third-order valence-corrected chi connectivity index (χ3v) is 9.94. The van der Waals surface area contributed by atoms with Gasteiger partial charge in [0.15, 0.2) is 0 Å². The minimum Gasteiger partial charge on any atom is -0.342 e. The van der Waals surface area contributed by atoms with Crippen molar-refractivity contribution in [2.45, 2.75) is 115 Å². The van der Waals surface area contributed by atoms with E-state index in [2.05, 4.69) is 71.5 Å². The first-order valence-corrected chi connectivity index (χ1v) is 15.9. The summed E-state index contributed by atoms with van der Waals surface area (Å²) in [4.78, 5) is 32.3. The number of carbonyl (C=O) groups is 2. The summed E-state index contributed by atoms with van der Waals surface area (Å²) in [5, 5.41) is 10.9. The third kappa shape index (κ3) is 5.86. The molecule has 3 aliphatic rings. The third-order valence-electron chi connectivity index (χ3n) is 9.94. The molecular formula is C33H49N5O2. The van der Waals surface area contributed by atoms with E-state index < -0.39 is 5.54 Å². The highest BCUT2D eigenvalue weighted by Crippen LogP contribution is 2.40. The normalized spacial score (nSPS) is 23.0. The Bertz CT molecular complexity index is 1110. The summed E-state index contributed by atoms with van der Waals surface area (Å²) in [6.45, 7) is 8.48. The number of amides is 2. The molecule has 1 saturated carbocycles. The van der Waals surface area contributed by atoms with Gasteiger partial charge in [-0.2, -0.15) is 5.10 Å². The Morgan fingerprint density at radius 2 is 1.73 bits per heavy atom. The molecule has 2 N–H and O–H groups in total. The van der Waals surface area contributed by atoms with E-state index in [1.807, 2.05) is 4.90 Å². The van der Waals surface area contributed by atoms with E-state index in [0.717, 1.165) is 56.1 Å². The first-order chi connectivity index (χ1) is 19.4. The predicted molar refractivity (Wildman–Crippen MR) is 159 cm³/mol. The van der Waals surface area contributed by atoms with Crippen LogP contribution < -0.4 is 5.32 Å². The van der Waals surface area contributed by atoms with E-state index in [1.54, 1.807) is 0 Å². The highest BCUT2D eigenvalue weighted by atomic mass is 16.2. The number of benzene rings is 1. The van der Waals surface area contributed by atoms with Crippen molar-refractivity contribution >= 4 is 11.8 Å². The van der Waals surface area contributed by atoms with Crippen LogP contribution in [-0.4, -0.2) is 63.0 Å². The summed E-state index contributed by atoms with van der Waals surface area (Å²) in [6, 6.07) is 10.3. The van der Waals surface area contributed by atoms with Crippen LogP contribution in [0.3, 0.4) is 0 Å². The van der Waals surface area contributed by atoms with Gasteiger partial charge >= 0.3 is 0 Å². The molecule has 1 aliphatic carbocycles. The van der Waals surface area contributed by atoms with E-state index in [0.29, 0.717) is 19.4 Å². The number of likely N-dealkylation sites (tertiary alicyclic amines) is 1. The summed E-state index contributed by atoms with van der Waals surface area (Å²) in [6.07, 6.45) is 12.9.